The summed E-state index contributed by atoms with van der Waals surface area (Å²) in [4.78, 5) is 2.40. The Labute approximate surface area is 330 Å². The van der Waals surface area contributed by atoms with Crippen LogP contribution in [-0.4, -0.2) is 0 Å². The highest BCUT2D eigenvalue weighted by molar-refractivity contribution is 6.08. The summed E-state index contributed by atoms with van der Waals surface area (Å²) in [7, 11) is 0. The zero-order chi connectivity index (χ0) is 37.7. The lowest BCUT2D eigenvalue weighted by Crippen LogP contribution is -2.12. The summed E-state index contributed by atoms with van der Waals surface area (Å²) < 4.78 is 12.5. The van der Waals surface area contributed by atoms with Gasteiger partial charge in [-0.1, -0.05) is 152 Å². The van der Waals surface area contributed by atoms with Gasteiger partial charge in [-0.15, -0.1) is 0 Å². The Hall–Kier alpha value is -7.62. The Morgan fingerprint density at radius 2 is 0.772 bits per heavy atom. The molecule has 0 fully saturated rings. The second kappa shape index (κ2) is 13.6. The highest BCUT2D eigenvalue weighted by Gasteiger charge is 2.23. The normalized spacial score (nSPS) is 11.5. The van der Waals surface area contributed by atoms with Gasteiger partial charge in [-0.05, 0) is 99.6 Å². The van der Waals surface area contributed by atoms with Crippen molar-refractivity contribution in [2.45, 2.75) is 0 Å². The van der Waals surface area contributed by atoms with E-state index >= 15 is 0 Å². The van der Waals surface area contributed by atoms with Gasteiger partial charge in [0.05, 0.1) is 5.69 Å². The molecule has 11 aromatic rings. The van der Waals surface area contributed by atoms with Gasteiger partial charge < -0.3 is 13.7 Å². The van der Waals surface area contributed by atoms with E-state index in [0.717, 1.165) is 94.3 Å². The summed E-state index contributed by atoms with van der Waals surface area (Å²) >= 11 is 0. The van der Waals surface area contributed by atoms with Crippen LogP contribution in [0.1, 0.15) is 0 Å². The molecular weight excluding hydrogens is 695 g/mol. The molecule has 0 amide bonds. The van der Waals surface area contributed by atoms with Crippen LogP contribution in [0, 0.1) is 0 Å². The number of para-hydroxylation sites is 2. The number of rotatable bonds is 7. The van der Waals surface area contributed by atoms with E-state index in [9.17, 15) is 0 Å². The summed E-state index contributed by atoms with van der Waals surface area (Å²) in [5, 5.41) is 4.42. The second-order valence-electron chi connectivity index (χ2n) is 14.4. The Morgan fingerprint density at radius 3 is 1.46 bits per heavy atom. The number of furan rings is 2. The maximum atomic E-state index is 6.32. The number of hydrogen-bond donors (Lipinski definition) is 0. The van der Waals surface area contributed by atoms with Gasteiger partial charge in [-0.2, -0.15) is 0 Å². The minimum Gasteiger partial charge on any atom is -0.456 e. The van der Waals surface area contributed by atoms with Crippen molar-refractivity contribution in [3.63, 3.8) is 0 Å². The summed E-state index contributed by atoms with van der Waals surface area (Å²) in [6, 6.07) is 75.4. The lowest BCUT2D eigenvalue weighted by atomic mass is 9.87. The van der Waals surface area contributed by atoms with E-state index in [1.165, 1.54) is 11.1 Å². The third kappa shape index (κ3) is 5.68. The average molecular weight is 730 g/mol. The first kappa shape index (κ1) is 32.8. The molecule has 0 aliphatic rings. The monoisotopic (exact) mass is 729 g/mol. The maximum absolute atomic E-state index is 6.32. The van der Waals surface area contributed by atoms with Crippen LogP contribution in [0.4, 0.5) is 17.1 Å². The first-order valence-electron chi connectivity index (χ1n) is 19.3. The van der Waals surface area contributed by atoms with Crippen molar-refractivity contribution in [1.29, 1.82) is 0 Å². The van der Waals surface area contributed by atoms with Gasteiger partial charge >= 0.3 is 0 Å². The van der Waals surface area contributed by atoms with Crippen LogP contribution in [0.5, 0.6) is 0 Å². The number of nitrogens with zero attached hydrogens (tertiary/aromatic N) is 1. The molecule has 3 nitrogen and oxygen atoms in total. The molecule has 11 rings (SSSR count). The van der Waals surface area contributed by atoms with Crippen molar-refractivity contribution in [2.75, 3.05) is 4.90 Å². The molecule has 2 aromatic heterocycles. The molecule has 9 aromatic carbocycles. The molecule has 0 aliphatic heterocycles. The van der Waals surface area contributed by atoms with E-state index in [0.29, 0.717) is 0 Å². The summed E-state index contributed by atoms with van der Waals surface area (Å²) in [6.45, 7) is 0. The maximum Gasteiger partial charge on any atom is 0.135 e. The van der Waals surface area contributed by atoms with E-state index in [1.54, 1.807) is 0 Å². The van der Waals surface area contributed by atoms with Crippen molar-refractivity contribution < 1.29 is 8.83 Å². The summed E-state index contributed by atoms with van der Waals surface area (Å²) in [5.41, 5.74) is 16.0. The first-order chi connectivity index (χ1) is 28.3. The Morgan fingerprint density at radius 1 is 0.281 bits per heavy atom. The quantitative estimate of drug-likeness (QED) is 0.164. The smallest absolute Gasteiger partial charge is 0.135 e. The first-order valence-corrected chi connectivity index (χ1v) is 19.3. The van der Waals surface area contributed by atoms with Crippen LogP contribution in [0.15, 0.2) is 221 Å². The molecule has 0 aliphatic carbocycles. The van der Waals surface area contributed by atoms with Gasteiger partial charge in [0, 0.05) is 38.5 Å². The highest BCUT2D eigenvalue weighted by Crippen LogP contribution is 2.49. The molecule has 0 saturated heterocycles. The van der Waals surface area contributed by atoms with E-state index in [4.69, 9.17) is 8.83 Å². The third-order valence-electron chi connectivity index (χ3n) is 11.1. The number of anilines is 3. The minimum absolute atomic E-state index is 0.866. The molecule has 0 atom stereocenters. The van der Waals surface area contributed by atoms with Gasteiger partial charge in [0.15, 0.2) is 0 Å². The van der Waals surface area contributed by atoms with Crippen molar-refractivity contribution in [3.05, 3.63) is 212 Å². The molecule has 57 heavy (non-hydrogen) atoms. The highest BCUT2D eigenvalue weighted by atomic mass is 16.3. The molecule has 0 saturated carbocycles. The number of hydrogen-bond acceptors (Lipinski definition) is 3. The fraction of sp³-hybridized carbons (Fsp3) is 0. The van der Waals surface area contributed by atoms with Crippen molar-refractivity contribution in [2.24, 2.45) is 0 Å². The minimum atomic E-state index is 0.866. The van der Waals surface area contributed by atoms with Crippen LogP contribution < -0.4 is 4.90 Å². The fourth-order valence-electron chi connectivity index (χ4n) is 8.43. The van der Waals surface area contributed by atoms with Crippen LogP contribution >= 0.6 is 0 Å². The van der Waals surface area contributed by atoms with Crippen LogP contribution in [-0.2, 0) is 0 Å². The molecule has 0 N–H and O–H groups in total. The zero-order valence-electron chi connectivity index (χ0n) is 31.0. The van der Waals surface area contributed by atoms with Gasteiger partial charge in [0.2, 0.25) is 0 Å². The van der Waals surface area contributed by atoms with E-state index in [1.807, 2.05) is 24.3 Å². The molecule has 0 bridgehead atoms. The van der Waals surface area contributed by atoms with Gasteiger partial charge in [-0.3, -0.25) is 0 Å². The molecular formula is C54H35NO2. The molecule has 268 valence electrons. The van der Waals surface area contributed by atoms with Gasteiger partial charge in [-0.25, -0.2) is 0 Å². The van der Waals surface area contributed by atoms with Crippen LogP contribution in [0.3, 0.4) is 0 Å². The topological polar surface area (TPSA) is 29.5 Å². The largest absolute Gasteiger partial charge is 0.456 e. The number of fused-ring (bicyclic) bond motifs is 6. The van der Waals surface area contributed by atoms with E-state index in [-0.39, 0.29) is 0 Å². The molecule has 0 unspecified atom stereocenters. The van der Waals surface area contributed by atoms with Crippen LogP contribution in [0.2, 0.25) is 0 Å². The lowest BCUT2D eigenvalue weighted by Gasteiger charge is -2.30. The summed E-state index contributed by atoms with van der Waals surface area (Å²) in [6.07, 6.45) is 0. The SMILES string of the molecule is c1ccc(-c2ccccc2-c2c(-c3ccccc3)cccc2N(c2ccc(-c3ccc4oc5ccccc5c4c3)cc2)c2ccc3oc4ccccc4c3c2)cc1. The van der Waals surface area contributed by atoms with E-state index < -0.39 is 0 Å². The zero-order valence-corrected chi connectivity index (χ0v) is 31.0. The predicted octanol–water partition coefficient (Wildman–Crippen LogP) is 15.6. The Balaban J connectivity index is 1.15. The molecule has 0 radical (unpaired) electrons. The number of benzene rings is 9. The fourth-order valence-corrected chi connectivity index (χ4v) is 8.43. The predicted molar refractivity (Wildman–Crippen MR) is 237 cm³/mol. The standard InChI is InChI=1S/C54H35NO2/c1-3-14-37(15-4-1)42-18-7-8-21-46(42)54-43(38-16-5-2-6-17-38)22-13-23-49(54)55(41-31-33-53-48(35-41)45-20-10-12-25-51(45)57-53)40-29-26-36(27-30-40)39-28-32-52-47(34-39)44-19-9-11-24-50(44)56-52/h1-35H. The molecule has 3 heteroatoms. The average Bonchev–Trinajstić information content (AvgIpc) is 3.85. The molecule has 0 spiro atoms. The van der Waals surface area contributed by atoms with Crippen molar-refractivity contribution in [3.8, 4) is 44.5 Å². The van der Waals surface area contributed by atoms with Crippen molar-refractivity contribution >= 4 is 60.9 Å². The van der Waals surface area contributed by atoms with Gasteiger partial charge in [0.25, 0.3) is 0 Å². The van der Waals surface area contributed by atoms with E-state index in [2.05, 4.69) is 193 Å². The Kier molecular flexibility index (Phi) is 7.82. The summed E-state index contributed by atoms with van der Waals surface area (Å²) in [5.74, 6) is 0. The Bertz CT molecular complexity index is 3230. The third-order valence-corrected chi connectivity index (χ3v) is 11.1. The molecule has 2 heterocycles. The van der Waals surface area contributed by atoms with Crippen molar-refractivity contribution in [1.82, 2.24) is 0 Å². The van der Waals surface area contributed by atoms with Gasteiger partial charge in [0.1, 0.15) is 22.3 Å². The lowest BCUT2D eigenvalue weighted by molar-refractivity contribution is 0.668. The van der Waals surface area contributed by atoms with Crippen LogP contribution in [0.25, 0.3) is 88.4 Å². The second-order valence-corrected chi connectivity index (χ2v) is 14.4.